The Morgan fingerprint density at radius 1 is 0.216 bits per heavy atom. The topological polar surface area (TPSA) is 16.3 Å². The lowest BCUT2D eigenvalue weighted by Crippen LogP contribution is -2.61. The minimum atomic E-state index is -0.184. The number of fused-ring (bicyclic) bond motifs is 12. The van der Waals surface area contributed by atoms with Gasteiger partial charge in [-0.25, -0.2) is 0 Å². The molecular weight excluding hydrogens is 1340 g/mol. The largest absolute Gasteiger partial charge is 0.311 e. The fourth-order valence-corrected chi connectivity index (χ4v) is 19.7. The second kappa shape index (κ2) is 25.1. The van der Waals surface area contributed by atoms with Crippen LogP contribution in [0.25, 0.3) is 122 Å². The van der Waals surface area contributed by atoms with Crippen molar-refractivity contribution >= 4 is 101 Å². The molecule has 534 valence electrons. The number of hydrogen-bond acceptors (Lipinski definition) is 2. The van der Waals surface area contributed by atoms with Crippen molar-refractivity contribution in [1.82, 2.24) is 9.13 Å². The zero-order valence-electron chi connectivity index (χ0n) is 64.4. The number of anilines is 6. The quantitative estimate of drug-likeness (QED) is 0.127. The number of para-hydroxylation sites is 1. The van der Waals surface area contributed by atoms with Gasteiger partial charge in [0, 0.05) is 61.4 Å². The highest BCUT2D eigenvalue weighted by Crippen LogP contribution is 2.53. The van der Waals surface area contributed by atoms with Crippen molar-refractivity contribution < 1.29 is 0 Å². The van der Waals surface area contributed by atoms with E-state index in [0.29, 0.717) is 0 Å². The van der Waals surface area contributed by atoms with Crippen LogP contribution in [0.15, 0.2) is 334 Å². The van der Waals surface area contributed by atoms with Crippen molar-refractivity contribution in [2.75, 3.05) is 9.80 Å². The van der Waals surface area contributed by atoms with Crippen LogP contribution in [-0.4, -0.2) is 15.8 Å². The van der Waals surface area contributed by atoms with Crippen LogP contribution in [0.3, 0.4) is 0 Å². The van der Waals surface area contributed by atoms with E-state index in [2.05, 4.69) is 408 Å². The normalized spacial score (nSPS) is 15.5. The summed E-state index contributed by atoms with van der Waals surface area (Å²) in [7, 11) is 0. The van der Waals surface area contributed by atoms with Gasteiger partial charge >= 0.3 is 0 Å². The van der Waals surface area contributed by atoms with E-state index in [4.69, 9.17) is 0 Å². The Bertz CT molecular complexity index is 6520. The molecule has 0 bridgehead atoms. The number of rotatable bonds is 10. The Balaban J connectivity index is 0.837. The van der Waals surface area contributed by atoms with Crippen molar-refractivity contribution in [3.63, 3.8) is 0 Å². The summed E-state index contributed by atoms with van der Waals surface area (Å²) in [6.45, 7) is 19.3. The second-order valence-electron chi connectivity index (χ2n) is 34.5. The molecule has 21 rings (SSSR count). The summed E-state index contributed by atoms with van der Waals surface area (Å²) in [6, 6.07) is 128. The fourth-order valence-electron chi connectivity index (χ4n) is 19.7. The van der Waals surface area contributed by atoms with Gasteiger partial charge in [-0.3, -0.25) is 0 Å². The van der Waals surface area contributed by atoms with Gasteiger partial charge in [0.1, 0.15) is 0 Å². The van der Waals surface area contributed by atoms with E-state index in [1.54, 1.807) is 0 Å². The molecule has 0 saturated heterocycles. The minimum Gasteiger partial charge on any atom is -0.311 e. The average Bonchev–Trinajstić information content (AvgIpc) is 1.46. The molecule has 0 spiro atoms. The van der Waals surface area contributed by atoms with E-state index in [9.17, 15) is 0 Å². The van der Waals surface area contributed by atoms with Gasteiger partial charge in [-0.15, -0.1) is 0 Å². The zero-order valence-corrected chi connectivity index (χ0v) is 64.4. The predicted molar refractivity (Wildman–Crippen MR) is 472 cm³/mol. The van der Waals surface area contributed by atoms with E-state index >= 15 is 0 Å². The smallest absolute Gasteiger partial charge is 0.252 e. The Morgan fingerprint density at radius 2 is 0.514 bits per heavy atom. The third-order valence-corrected chi connectivity index (χ3v) is 26.0. The van der Waals surface area contributed by atoms with Crippen molar-refractivity contribution in [2.24, 2.45) is 0 Å². The highest BCUT2D eigenvalue weighted by Gasteiger charge is 2.45. The first-order valence-corrected chi connectivity index (χ1v) is 39.9. The Labute approximate surface area is 652 Å². The lowest BCUT2D eigenvalue weighted by molar-refractivity contribution is 0.332. The van der Waals surface area contributed by atoms with Crippen LogP contribution >= 0.6 is 0 Å². The number of aromatic nitrogens is 2. The lowest BCUT2D eigenvalue weighted by Gasteiger charge is -2.44. The highest BCUT2D eigenvalue weighted by molar-refractivity contribution is 7.00. The fraction of sp³-hybridized carbons (Fsp3) is 0.151. The van der Waals surface area contributed by atoms with E-state index in [1.165, 1.54) is 140 Å². The molecule has 111 heavy (non-hydrogen) atoms. The summed E-state index contributed by atoms with van der Waals surface area (Å²) < 4.78 is 5.09. The van der Waals surface area contributed by atoms with Crippen LogP contribution in [0.5, 0.6) is 0 Å². The molecule has 4 nitrogen and oxygen atoms in total. The summed E-state index contributed by atoms with van der Waals surface area (Å²) in [4.78, 5) is 5.26. The third-order valence-electron chi connectivity index (χ3n) is 26.0. The van der Waals surface area contributed by atoms with Gasteiger partial charge in [0.05, 0.1) is 27.8 Å². The molecule has 2 aliphatic heterocycles. The Hall–Kier alpha value is -12.4. The van der Waals surface area contributed by atoms with Gasteiger partial charge in [-0.05, 0) is 250 Å². The van der Waals surface area contributed by atoms with E-state index in [-0.39, 0.29) is 28.4 Å². The van der Waals surface area contributed by atoms with Crippen molar-refractivity contribution in [3.8, 4) is 78.1 Å². The van der Waals surface area contributed by atoms with Crippen molar-refractivity contribution in [3.05, 3.63) is 356 Å². The van der Waals surface area contributed by atoms with Crippen LogP contribution in [0, 0.1) is 0 Å². The summed E-state index contributed by atoms with van der Waals surface area (Å²) in [5, 5.41) is 4.85. The number of hydrogen-bond donors (Lipinski definition) is 0. The molecule has 4 heterocycles. The maximum atomic E-state index is 2.64. The maximum absolute atomic E-state index is 2.64. The Kier molecular flexibility index (Phi) is 15.1. The standard InChI is InChI=1S/C106H87BN4/c1-103(2)55-57-105(5,6)90-62-77(37-48-88(90)103)72-33-43-80(44-34-72)108-98-64-79(71-29-19-12-20-30-71)39-50-92(98)107-93-51-47-82(110-96-53-41-75(69-25-15-10-16-26-69)60-86(96)87-61-76(42-54-97(87)110)70-27-17-11-18-28-70)65-99(93)109(81-45-35-73(36-46-81)78-38-49-89-91(63-78)106(7,8)58-56-104(89,3)4)101-67-83(66-100(108)102(101)107)111-94-32-22-21-31-84(94)85-59-74(40-52-95(85)111)68-23-13-9-14-24-68/h9-54,59-67H,55-58H2,1-8H3. The Morgan fingerprint density at radius 3 is 0.955 bits per heavy atom. The van der Waals surface area contributed by atoms with Gasteiger partial charge < -0.3 is 18.9 Å². The van der Waals surface area contributed by atoms with Crippen LogP contribution < -0.4 is 26.2 Å². The molecule has 4 aliphatic rings. The van der Waals surface area contributed by atoms with Crippen LogP contribution in [0.2, 0.25) is 0 Å². The zero-order chi connectivity index (χ0) is 74.8. The summed E-state index contributed by atoms with van der Waals surface area (Å²) in [5.41, 5.74) is 38.0. The molecule has 5 heteroatoms. The molecule has 2 aromatic heterocycles. The third kappa shape index (κ3) is 10.8. The maximum Gasteiger partial charge on any atom is 0.252 e. The molecule has 0 N–H and O–H groups in total. The molecule has 15 aromatic carbocycles. The first kappa shape index (κ1) is 66.7. The SMILES string of the molecule is CC1(C)CCC(C)(C)c2cc(-c3ccc(N4c5cc(-c6ccccc6)ccc5B5c6ccc(-n7c8ccc(-c9ccccc9)cc8c8cc(-c9ccccc9)ccc87)cc6N(c6ccc(-c7ccc8c(c7)C(C)(C)CCC8(C)C)cc6)c6cc(-n7c8ccccc8c8cc(-c9ccccc9)ccc87)cc4c65)cc3)ccc21. The summed E-state index contributed by atoms with van der Waals surface area (Å²) in [6.07, 6.45) is 4.68. The lowest BCUT2D eigenvalue weighted by atomic mass is 9.33. The average molecular weight is 1430 g/mol. The van der Waals surface area contributed by atoms with Gasteiger partial charge in [-0.2, -0.15) is 0 Å². The molecule has 17 aromatic rings. The van der Waals surface area contributed by atoms with Gasteiger partial charge in [-0.1, -0.05) is 292 Å². The second-order valence-corrected chi connectivity index (χ2v) is 34.5. The van der Waals surface area contributed by atoms with Crippen LogP contribution in [0.4, 0.5) is 34.1 Å². The monoisotopic (exact) mass is 1430 g/mol. The first-order chi connectivity index (χ1) is 54.0. The molecule has 0 saturated carbocycles. The summed E-state index contributed by atoms with van der Waals surface area (Å²) >= 11 is 0. The van der Waals surface area contributed by atoms with Gasteiger partial charge in [0.15, 0.2) is 0 Å². The minimum absolute atomic E-state index is 0.0656. The van der Waals surface area contributed by atoms with E-state index < -0.39 is 0 Å². The number of benzene rings is 15. The molecule has 0 unspecified atom stereocenters. The van der Waals surface area contributed by atoms with E-state index in [1.807, 2.05) is 0 Å². The van der Waals surface area contributed by atoms with Gasteiger partial charge in [0.2, 0.25) is 0 Å². The van der Waals surface area contributed by atoms with E-state index in [0.717, 1.165) is 80.4 Å². The summed E-state index contributed by atoms with van der Waals surface area (Å²) in [5.74, 6) is 0. The van der Waals surface area contributed by atoms with Crippen LogP contribution in [-0.2, 0) is 21.7 Å². The van der Waals surface area contributed by atoms with Crippen molar-refractivity contribution in [1.29, 1.82) is 0 Å². The van der Waals surface area contributed by atoms with Gasteiger partial charge in [0.25, 0.3) is 6.71 Å². The number of nitrogens with zero attached hydrogens (tertiary/aromatic N) is 4. The molecule has 2 aliphatic carbocycles. The van der Waals surface area contributed by atoms with Crippen LogP contribution in [0.1, 0.15) is 103 Å². The predicted octanol–water partition coefficient (Wildman–Crippen LogP) is 26.7. The molecule has 0 atom stereocenters. The first-order valence-electron chi connectivity index (χ1n) is 39.9. The van der Waals surface area contributed by atoms with Crippen molar-refractivity contribution in [2.45, 2.75) is 103 Å². The highest BCUT2D eigenvalue weighted by atomic mass is 15.2. The molecular formula is C106H87BN4. The molecule has 0 amide bonds. The molecule has 0 radical (unpaired) electrons. The molecule has 0 fully saturated rings.